The van der Waals surface area contributed by atoms with E-state index in [0.717, 1.165) is 64.2 Å². The average Bonchev–Trinajstić information content (AvgIpc) is 2.73. The zero-order valence-corrected chi connectivity index (χ0v) is 23.4. The molecule has 0 heterocycles. The lowest BCUT2D eigenvalue weighted by Gasteiger charge is -2.64. The molecule has 0 radical (unpaired) electrons. The minimum Gasteiger partial charge on any atom is -0.459 e. The zero-order valence-electron chi connectivity index (χ0n) is 23.4. The molecule has 2 N–H and O–H groups in total. The van der Waals surface area contributed by atoms with Crippen molar-refractivity contribution in [2.24, 2.45) is 40.9 Å². The van der Waals surface area contributed by atoms with Gasteiger partial charge in [-0.3, -0.25) is 9.59 Å². The van der Waals surface area contributed by atoms with Crippen LogP contribution >= 0.6 is 0 Å². The van der Waals surface area contributed by atoms with Crippen LogP contribution in [0.3, 0.4) is 0 Å². The Balaban J connectivity index is 1.09. The highest BCUT2D eigenvalue weighted by Crippen LogP contribution is 2.65. The molecule has 8 rings (SSSR count). The number of ether oxygens (including phenoxy) is 2. The third-order valence-electron chi connectivity index (χ3n) is 11.8. The Morgan fingerprint density at radius 3 is 1.84 bits per heavy atom. The van der Waals surface area contributed by atoms with Crippen LogP contribution in [0.2, 0.25) is 0 Å². The van der Waals surface area contributed by atoms with Crippen LogP contribution in [-0.2, 0) is 19.1 Å². The van der Waals surface area contributed by atoms with E-state index in [1.165, 1.54) is 6.42 Å². The van der Waals surface area contributed by atoms with E-state index < -0.39 is 28.3 Å². The lowest BCUT2D eigenvalue weighted by atomic mass is 9.44. The second-order valence-electron chi connectivity index (χ2n) is 15.4. The summed E-state index contributed by atoms with van der Waals surface area (Å²) in [6.45, 7) is 7.94. The highest BCUT2D eigenvalue weighted by atomic mass is 16.6. The summed E-state index contributed by atoms with van der Waals surface area (Å²) in [5.41, 5.74) is -2.60. The van der Waals surface area contributed by atoms with E-state index in [0.29, 0.717) is 42.9 Å². The molecule has 0 spiro atoms. The predicted molar refractivity (Wildman–Crippen MR) is 138 cm³/mol. The largest absolute Gasteiger partial charge is 0.459 e. The summed E-state index contributed by atoms with van der Waals surface area (Å²) in [7, 11) is 0. The summed E-state index contributed by atoms with van der Waals surface area (Å²) in [4.78, 5) is 26.8. The van der Waals surface area contributed by atoms with Gasteiger partial charge in [0.2, 0.25) is 0 Å². The van der Waals surface area contributed by atoms with Crippen LogP contribution in [0.25, 0.3) is 0 Å². The number of hydrogen-bond donors (Lipinski definition) is 2. The number of rotatable bonds is 8. The fourth-order valence-corrected chi connectivity index (χ4v) is 10.9. The highest BCUT2D eigenvalue weighted by Gasteiger charge is 2.63. The molecule has 8 aliphatic carbocycles. The molecule has 6 atom stereocenters. The highest BCUT2D eigenvalue weighted by molar-refractivity contribution is 5.76. The van der Waals surface area contributed by atoms with Crippen molar-refractivity contribution in [3.63, 3.8) is 0 Å². The number of hydrogen-bond acceptors (Lipinski definition) is 6. The Hall–Kier alpha value is -1.14. The third kappa shape index (κ3) is 4.46. The van der Waals surface area contributed by atoms with E-state index in [2.05, 4.69) is 0 Å². The molecule has 37 heavy (non-hydrogen) atoms. The van der Waals surface area contributed by atoms with Gasteiger partial charge < -0.3 is 19.7 Å². The fraction of sp³-hybridized carbons (Fsp3) is 0.935. The van der Waals surface area contributed by atoms with Gasteiger partial charge in [0.1, 0.15) is 11.2 Å². The number of esters is 2. The molecule has 6 nitrogen and oxygen atoms in total. The van der Waals surface area contributed by atoms with E-state index >= 15 is 0 Å². The maximum absolute atomic E-state index is 13.5. The Labute approximate surface area is 222 Å². The molecular formula is C31H48O6. The van der Waals surface area contributed by atoms with Gasteiger partial charge in [-0.15, -0.1) is 0 Å². The molecular weight excluding hydrogens is 468 g/mol. The van der Waals surface area contributed by atoms with Gasteiger partial charge in [0.05, 0.1) is 23.0 Å². The molecule has 8 bridgehead atoms. The topological polar surface area (TPSA) is 93.1 Å². The second-order valence-corrected chi connectivity index (χ2v) is 15.4. The first kappa shape index (κ1) is 26.1. The first-order chi connectivity index (χ1) is 17.2. The SMILES string of the molecule is CCC(CC(C)C(=O)OC12CC3CC(CC(O)(C3)C1)C2)C(=O)OC(C)(C)C12CC3CC(CC(O)(C3)C1)C2. The molecule has 0 amide bonds. The first-order valence-corrected chi connectivity index (χ1v) is 15.2. The van der Waals surface area contributed by atoms with E-state index in [1.54, 1.807) is 0 Å². The van der Waals surface area contributed by atoms with Crippen molar-refractivity contribution in [1.29, 1.82) is 0 Å². The number of carbonyl (C=O) groups is 2. The lowest BCUT2D eigenvalue weighted by Crippen LogP contribution is -2.63. The maximum Gasteiger partial charge on any atom is 0.309 e. The fourth-order valence-electron chi connectivity index (χ4n) is 10.9. The van der Waals surface area contributed by atoms with E-state index in [4.69, 9.17) is 9.47 Å². The van der Waals surface area contributed by atoms with Gasteiger partial charge >= 0.3 is 11.9 Å². The van der Waals surface area contributed by atoms with Crippen molar-refractivity contribution in [2.75, 3.05) is 0 Å². The van der Waals surface area contributed by atoms with Crippen molar-refractivity contribution < 1.29 is 29.3 Å². The summed E-state index contributed by atoms with van der Waals surface area (Å²) in [6.07, 6.45) is 12.0. The molecule has 0 aromatic rings. The Morgan fingerprint density at radius 1 is 0.838 bits per heavy atom. The molecule has 8 saturated carbocycles. The molecule has 0 aromatic heterocycles. The van der Waals surface area contributed by atoms with Crippen molar-refractivity contribution in [3.05, 3.63) is 0 Å². The quantitative estimate of drug-likeness (QED) is 0.424. The maximum atomic E-state index is 13.5. The second kappa shape index (κ2) is 8.43. The minimum atomic E-state index is -0.667. The van der Waals surface area contributed by atoms with Crippen LogP contribution in [0.15, 0.2) is 0 Å². The molecule has 6 unspecified atom stereocenters. The molecule has 8 aliphatic rings. The Morgan fingerprint density at radius 2 is 1.35 bits per heavy atom. The summed E-state index contributed by atoms with van der Waals surface area (Å²) >= 11 is 0. The summed E-state index contributed by atoms with van der Waals surface area (Å²) < 4.78 is 12.5. The van der Waals surface area contributed by atoms with Crippen molar-refractivity contribution in [2.45, 2.75) is 140 Å². The molecule has 6 heteroatoms. The summed E-state index contributed by atoms with van der Waals surface area (Å²) in [5, 5.41) is 22.2. The van der Waals surface area contributed by atoms with Crippen molar-refractivity contribution >= 4 is 11.9 Å². The van der Waals surface area contributed by atoms with Crippen molar-refractivity contribution in [3.8, 4) is 0 Å². The van der Waals surface area contributed by atoms with Gasteiger partial charge in [-0.2, -0.15) is 0 Å². The summed E-state index contributed by atoms with van der Waals surface area (Å²) in [6, 6.07) is 0. The van der Waals surface area contributed by atoms with Gasteiger partial charge in [0, 0.05) is 11.8 Å². The molecule has 8 fully saturated rings. The van der Waals surface area contributed by atoms with Crippen LogP contribution in [0.5, 0.6) is 0 Å². The third-order valence-corrected chi connectivity index (χ3v) is 11.8. The van der Waals surface area contributed by atoms with Crippen molar-refractivity contribution in [1.82, 2.24) is 0 Å². The number of aliphatic hydroxyl groups is 2. The Kier molecular flexibility index (Phi) is 5.95. The van der Waals surface area contributed by atoms with E-state index in [-0.39, 0.29) is 23.3 Å². The van der Waals surface area contributed by atoms with Crippen LogP contribution < -0.4 is 0 Å². The van der Waals surface area contributed by atoms with Crippen LogP contribution in [0.1, 0.15) is 118 Å². The van der Waals surface area contributed by atoms with Crippen LogP contribution in [-0.4, -0.2) is 44.6 Å². The summed E-state index contributed by atoms with van der Waals surface area (Å²) in [5.74, 6) is 0.753. The smallest absolute Gasteiger partial charge is 0.309 e. The lowest BCUT2D eigenvalue weighted by molar-refractivity contribution is -0.234. The van der Waals surface area contributed by atoms with Gasteiger partial charge in [0.15, 0.2) is 0 Å². The van der Waals surface area contributed by atoms with Gasteiger partial charge in [-0.1, -0.05) is 13.8 Å². The standard InChI is InChI=1S/C31H48O6/c1-5-24(6-19(2)25(32)37-31-15-22-8-23(16-31)14-30(35,13-22)18-31)26(33)36-27(3,4)28-9-20-7-21(10-28)12-29(34,11-20)17-28/h19-24,34-35H,5-18H2,1-4H3. The number of carbonyl (C=O) groups excluding carboxylic acids is 2. The molecule has 0 aliphatic heterocycles. The normalized spacial score (nSPS) is 47.1. The Bertz CT molecular complexity index is 925. The molecule has 0 aromatic carbocycles. The predicted octanol–water partition coefficient (Wildman–Crippen LogP) is 5.32. The zero-order chi connectivity index (χ0) is 26.4. The van der Waals surface area contributed by atoms with Crippen LogP contribution in [0.4, 0.5) is 0 Å². The van der Waals surface area contributed by atoms with Gasteiger partial charge in [0.25, 0.3) is 0 Å². The average molecular weight is 517 g/mol. The van der Waals surface area contributed by atoms with Gasteiger partial charge in [-0.25, -0.2) is 0 Å². The van der Waals surface area contributed by atoms with E-state index in [1.807, 2.05) is 27.7 Å². The van der Waals surface area contributed by atoms with E-state index in [9.17, 15) is 19.8 Å². The molecule has 208 valence electrons. The minimum absolute atomic E-state index is 0.164. The first-order valence-electron chi connectivity index (χ1n) is 15.2. The van der Waals surface area contributed by atoms with Crippen LogP contribution in [0, 0.1) is 40.9 Å². The van der Waals surface area contributed by atoms with Gasteiger partial charge in [-0.05, 0) is 121 Å². The molecule has 0 saturated heterocycles. The monoisotopic (exact) mass is 516 g/mol.